The van der Waals surface area contributed by atoms with Gasteiger partial charge in [0.05, 0.1) is 23.8 Å². The summed E-state index contributed by atoms with van der Waals surface area (Å²) in [5, 5.41) is 2.20. The Bertz CT molecular complexity index is 988. The zero-order chi connectivity index (χ0) is 15.1. The molecule has 2 heterocycles. The fourth-order valence-corrected chi connectivity index (χ4v) is 2.82. The van der Waals surface area contributed by atoms with Gasteiger partial charge < -0.3 is 15.0 Å². The van der Waals surface area contributed by atoms with Crippen LogP contribution >= 0.6 is 0 Å². The smallest absolute Gasteiger partial charge is 0.121 e. The largest absolute Gasteiger partial charge is 0.497 e. The third kappa shape index (κ3) is 1.89. The second-order valence-corrected chi connectivity index (χ2v) is 5.22. The molecular formula is C18H15N3O. The number of ether oxygens (including phenoxy) is 1. The first kappa shape index (κ1) is 12.7. The predicted molar refractivity (Wildman–Crippen MR) is 89.5 cm³/mol. The van der Waals surface area contributed by atoms with Gasteiger partial charge in [0.1, 0.15) is 5.75 Å². The van der Waals surface area contributed by atoms with Gasteiger partial charge in [0.25, 0.3) is 0 Å². The van der Waals surface area contributed by atoms with E-state index in [0.29, 0.717) is 0 Å². The molecule has 2 N–H and O–H groups in total. The van der Waals surface area contributed by atoms with Crippen LogP contribution in [0.3, 0.4) is 0 Å². The van der Waals surface area contributed by atoms with Crippen LogP contribution in [-0.2, 0) is 0 Å². The van der Waals surface area contributed by atoms with E-state index >= 15 is 0 Å². The van der Waals surface area contributed by atoms with Crippen molar-refractivity contribution < 1.29 is 4.74 Å². The topological polar surface area (TPSA) is 53.1 Å². The molecule has 0 fully saturated rings. The Hall–Kier alpha value is -3.01. The minimum Gasteiger partial charge on any atom is -0.497 e. The second kappa shape index (κ2) is 4.77. The highest BCUT2D eigenvalue weighted by Crippen LogP contribution is 2.28. The van der Waals surface area contributed by atoms with Crippen LogP contribution in [0.4, 0.5) is 5.69 Å². The standard InChI is InChI=1S/C18H15N3O/c1-22-14-3-4-15-16(11-14)20-8-6-18(15)21-9-7-12-10-13(19)2-5-17(12)21/h2-11H,19H2,1H3. The summed E-state index contributed by atoms with van der Waals surface area (Å²) >= 11 is 0. The molecule has 108 valence electrons. The number of anilines is 1. The Morgan fingerprint density at radius 2 is 1.95 bits per heavy atom. The van der Waals surface area contributed by atoms with Crippen molar-refractivity contribution in [3.8, 4) is 11.4 Å². The number of fused-ring (bicyclic) bond motifs is 2. The lowest BCUT2D eigenvalue weighted by Gasteiger charge is -2.10. The number of hydrogen-bond acceptors (Lipinski definition) is 3. The molecule has 0 aliphatic heterocycles. The number of nitrogens with zero attached hydrogens (tertiary/aromatic N) is 2. The number of aromatic nitrogens is 2. The molecule has 0 amide bonds. The number of rotatable bonds is 2. The summed E-state index contributed by atoms with van der Waals surface area (Å²) in [4.78, 5) is 4.44. The molecule has 0 atom stereocenters. The average Bonchev–Trinajstić information content (AvgIpc) is 2.96. The maximum absolute atomic E-state index is 5.86. The third-order valence-electron chi connectivity index (χ3n) is 3.90. The Balaban J connectivity index is 2.00. The lowest BCUT2D eigenvalue weighted by Crippen LogP contribution is -1.95. The van der Waals surface area contributed by atoms with Gasteiger partial charge in [-0.05, 0) is 42.5 Å². The first-order valence-corrected chi connectivity index (χ1v) is 7.06. The molecule has 2 aromatic heterocycles. The zero-order valence-electron chi connectivity index (χ0n) is 12.2. The van der Waals surface area contributed by atoms with Gasteiger partial charge in [0, 0.05) is 34.9 Å². The van der Waals surface area contributed by atoms with Crippen molar-refractivity contribution in [2.24, 2.45) is 0 Å². The van der Waals surface area contributed by atoms with Crippen molar-refractivity contribution in [1.29, 1.82) is 0 Å². The fourth-order valence-electron chi connectivity index (χ4n) is 2.82. The summed E-state index contributed by atoms with van der Waals surface area (Å²) in [5.74, 6) is 0.808. The fraction of sp³-hybridized carbons (Fsp3) is 0.0556. The Morgan fingerprint density at radius 1 is 1.05 bits per heavy atom. The molecule has 0 saturated heterocycles. The van der Waals surface area contributed by atoms with E-state index < -0.39 is 0 Å². The third-order valence-corrected chi connectivity index (χ3v) is 3.90. The predicted octanol–water partition coefficient (Wildman–Crippen LogP) is 3.77. The molecule has 0 bridgehead atoms. The minimum absolute atomic E-state index is 0.773. The molecule has 4 aromatic rings. The van der Waals surface area contributed by atoms with Gasteiger partial charge >= 0.3 is 0 Å². The Kier molecular flexibility index (Phi) is 2.76. The molecule has 22 heavy (non-hydrogen) atoms. The molecular weight excluding hydrogens is 274 g/mol. The van der Waals surface area contributed by atoms with Crippen LogP contribution in [0.1, 0.15) is 0 Å². The summed E-state index contributed by atoms with van der Waals surface area (Å²) in [5.41, 5.74) is 9.76. The molecule has 4 nitrogen and oxygen atoms in total. The van der Waals surface area contributed by atoms with Gasteiger partial charge in [-0.3, -0.25) is 4.98 Å². The molecule has 0 aliphatic rings. The van der Waals surface area contributed by atoms with E-state index in [0.717, 1.165) is 38.9 Å². The highest BCUT2D eigenvalue weighted by molar-refractivity contribution is 5.92. The number of nitrogens with two attached hydrogens (primary N) is 1. The van der Waals surface area contributed by atoms with E-state index in [2.05, 4.69) is 21.8 Å². The van der Waals surface area contributed by atoms with Crippen LogP contribution in [0.25, 0.3) is 27.5 Å². The summed E-state index contributed by atoms with van der Waals surface area (Å²) in [7, 11) is 1.66. The normalized spacial score (nSPS) is 11.1. The number of pyridine rings is 1. The highest BCUT2D eigenvalue weighted by atomic mass is 16.5. The van der Waals surface area contributed by atoms with Crippen molar-refractivity contribution in [3.63, 3.8) is 0 Å². The number of hydrogen-bond donors (Lipinski definition) is 1. The molecule has 4 heteroatoms. The van der Waals surface area contributed by atoms with E-state index in [-0.39, 0.29) is 0 Å². The van der Waals surface area contributed by atoms with Gasteiger partial charge in [-0.1, -0.05) is 0 Å². The van der Waals surface area contributed by atoms with Crippen LogP contribution in [0.2, 0.25) is 0 Å². The van der Waals surface area contributed by atoms with Gasteiger partial charge in [-0.2, -0.15) is 0 Å². The van der Waals surface area contributed by atoms with Crippen LogP contribution in [0.15, 0.2) is 60.9 Å². The quantitative estimate of drug-likeness (QED) is 0.571. The Labute approximate surface area is 127 Å². The molecule has 0 radical (unpaired) electrons. The monoisotopic (exact) mass is 289 g/mol. The minimum atomic E-state index is 0.773. The van der Waals surface area contributed by atoms with Crippen LogP contribution in [0, 0.1) is 0 Å². The van der Waals surface area contributed by atoms with E-state index in [1.165, 1.54) is 0 Å². The van der Waals surface area contributed by atoms with Gasteiger partial charge in [0.2, 0.25) is 0 Å². The van der Waals surface area contributed by atoms with Crippen LogP contribution in [-0.4, -0.2) is 16.7 Å². The number of methoxy groups -OCH3 is 1. The van der Waals surface area contributed by atoms with Crippen molar-refractivity contribution >= 4 is 27.5 Å². The maximum Gasteiger partial charge on any atom is 0.121 e. The van der Waals surface area contributed by atoms with Crippen molar-refractivity contribution in [1.82, 2.24) is 9.55 Å². The van der Waals surface area contributed by atoms with Crippen molar-refractivity contribution in [2.75, 3.05) is 12.8 Å². The van der Waals surface area contributed by atoms with Crippen molar-refractivity contribution in [3.05, 3.63) is 60.9 Å². The van der Waals surface area contributed by atoms with E-state index in [1.807, 2.05) is 48.7 Å². The molecule has 0 unspecified atom stereocenters. The van der Waals surface area contributed by atoms with Crippen molar-refractivity contribution in [2.45, 2.75) is 0 Å². The maximum atomic E-state index is 5.86. The first-order chi connectivity index (χ1) is 10.8. The zero-order valence-corrected chi connectivity index (χ0v) is 12.2. The van der Waals surface area contributed by atoms with Gasteiger partial charge in [-0.25, -0.2) is 0 Å². The molecule has 0 saturated carbocycles. The molecule has 2 aromatic carbocycles. The molecule has 0 aliphatic carbocycles. The number of benzene rings is 2. The lowest BCUT2D eigenvalue weighted by atomic mass is 10.1. The lowest BCUT2D eigenvalue weighted by molar-refractivity contribution is 0.415. The number of nitrogen functional groups attached to an aromatic ring is 1. The summed E-state index contributed by atoms with van der Waals surface area (Å²) in [6.07, 6.45) is 3.88. The summed E-state index contributed by atoms with van der Waals surface area (Å²) in [6, 6.07) is 16.0. The van der Waals surface area contributed by atoms with E-state index in [1.54, 1.807) is 7.11 Å². The highest BCUT2D eigenvalue weighted by Gasteiger charge is 2.08. The molecule has 0 spiro atoms. The summed E-state index contributed by atoms with van der Waals surface area (Å²) in [6.45, 7) is 0. The van der Waals surface area contributed by atoms with E-state index in [4.69, 9.17) is 10.5 Å². The molecule has 4 rings (SSSR count). The second-order valence-electron chi connectivity index (χ2n) is 5.22. The average molecular weight is 289 g/mol. The first-order valence-electron chi connectivity index (χ1n) is 7.06. The summed E-state index contributed by atoms with van der Waals surface area (Å²) < 4.78 is 7.43. The van der Waals surface area contributed by atoms with E-state index in [9.17, 15) is 0 Å². The SMILES string of the molecule is COc1ccc2c(-n3ccc4cc(N)ccc43)ccnc2c1. The van der Waals surface area contributed by atoms with Crippen LogP contribution in [0.5, 0.6) is 5.75 Å². The Morgan fingerprint density at radius 3 is 2.82 bits per heavy atom. The van der Waals surface area contributed by atoms with Crippen LogP contribution < -0.4 is 10.5 Å². The van der Waals surface area contributed by atoms with Gasteiger partial charge in [0.15, 0.2) is 0 Å². The van der Waals surface area contributed by atoms with Gasteiger partial charge in [-0.15, -0.1) is 0 Å².